The van der Waals surface area contributed by atoms with Crippen LogP contribution in [0.15, 0.2) is 23.1 Å². The normalized spacial score (nSPS) is 19.3. The summed E-state index contributed by atoms with van der Waals surface area (Å²) >= 11 is 0.760. The predicted octanol–water partition coefficient (Wildman–Crippen LogP) is 2.13. The van der Waals surface area contributed by atoms with Crippen molar-refractivity contribution in [2.24, 2.45) is 0 Å². The van der Waals surface area contributed by atoms with Crippen LogP contribution in [-0.4, -0.2) is 40.3 Å². The Morgan fingerprint density at radius 3 is 3.00 bits per heavy atom. The van der Waals surface area contributed by atoms with E-state index in [0.717, 1.165) is 46.4 Å². The summed E-state index contributed by atoms with van der Waals surface area (Å²) in [5, 5.41) is 8.17. The molecule has 0 spiro atoms. The number of nitrogens with zero attached hydrogens (tertiary/aromatic N) is 1. The Morgan fingerprint density at radius 2 is 2.23 bits per heavy atom. The highest BCUT2D eigenvalue weighted by atomic mass is 32.2. The van der Waals surface area contributed by atoms with Gasteiger partial charge in [-0.2, -0.15) is 0 Å². The van der Waals surface area contributed by atoms with Gasteiger partial charge in [0.25, 0.3) is 11.1 Å². The molecule has 2 heterocycles. The second-order valence-corrected chi connectivity index (χ2v) is 5.97. The number of imide groups is 1. The fraction of sp³-hybridized carbons (Fsp3) is 0.267. The lowest BCUT2D eigenvalue weighted by atomic mass is 10.0. The number of carboxylic acid groups (broad SMARTS) is 1. The van der Waals surface area contributed by atoms with E-state index in [1.54, 1.807) is 6.08 Å². The molecule has 1 aromatic carbocycles. The SMILES string of the molecule is O=C(O)CN1C(=O)SC(=Cc2ccc3c(c2)CCCO3)C1=O. The zero-order chi connectivity index (χ0) is 15.7. The molecule has 3 rings (SSSR count). The highest BCUT2D eigenvalue weighted by Crippen LogP contribution is 2.33. The van der Waals surface area contributed by atoms with Crippen LogP contribution in [0, 0.1) is 0 Å². The fourth-order valence-corrected chi connectivity index (χ4v) is 3.23. The van der Waals surface area contributed by atoms with Crippen molar-refractivity contribution in [3.8, 4) is 5.75 Å². The number of amides is 2. The number of hydrogen-bond acceptors (Lipinski definition) is 5. The molecule has 0 atom stereocenters. The Morgan fingerprint density at radius 1 is 1.41 bits per heavy atom. The number of rotatable bonds is 3. The Kier molecular flexibility index (Phi) is 3.89. The first kappa shape index (κ1) is 14.6. The summed E-state index contributed by atoms with van der Waals surface area (Å²) in [6, 6.07) is 5.59. The molecule has 1 saturated heterocycles. The molecule has 0 aromatic heterocycles. The number of carboxylic acids is 1. The molecule has 0 radical (unpaired) electrons. The van der Waals surface area contributed by atoms with Crippen molar-refractivity contribution >= 4 is 35.0 Å². The van der Waals surface area contributed by atoms with Gasteiger partial charge in [-0.15, -0.1) is 0 Å². The molecule has 0 saturated carbocycles. The number of ether oxygens (including phenoxy) is 1. The summed E-state index contributed by atoms with van der Waals surface area (Å²) in [6.45, 7) is 0.0977. The van der Waals surface area contributed by atoms with Crippen LogP contribution in [0.5, 0.6) is 5.75 Å². The van der Waals surface area contributed by atoms with E-state index in [1.165, 1.54) is 0 Å². The van der Waals surface area contributed by atoms with E-state index >= 15 is 0 Å². The number of carbonyl (C=O) groups excluding carboxylic acids is 2. The van der Waals surface area contributed by atoms with Crippen molar-refractivity contribution in [2.75, 3.05) is 13.2 Å². The van der Waals surface area contributed by atoms with Crippen molar-refractivity contribution in [3.05, 3.63) is 34.2 Å². The van der Waals surface area contributed by atoms with Crippen LogP contribution < -0.4 is 4.74 Å². The van der Waals surface area contributed by atoms with Gasteiger partial charge in [0.1, 0.15) is 12.3 Å². The van der Waals surface area contributed by atoms with Crippen molar-refractivity contribution in [2.45, 2.75) is 12.8 Å². The topological polar surface area (TPSA) is 83.9 Å². The zero-order valence-corrected chi connectivity index (χ0v) is 12.4. The third-order valence-corrected chi connectivity index (χ3v) is 4.30. The van der Waals surface area contributed by atoms with E-state index in [0.29, 0.717) is 6.61 Å². The number of thioether (sulfide) groups is 1. The monoisotopic (exact) mass is 319 g/mol. The summed E-state index contributed by atoms with van der Waals surface area (Å²) in [7, 11) is 0. The molecular weight excluding hydrogens is 306 g/mol. The first-order chi connectivity index (χ1) is 10.5. The van der Waals surface area contributed by atoms with E-state index in [2.05, 4.69) is 0 Å². The van der Waals surface area contributed by atoms with E-state index in [4.69, 9.17) is 9.84 Å². The largest absolute Gasteiger partial charge is 0.493 e. The Bertz CT molecular complexity index is 697. The Balaban J connectivity index is 1.85. The number of aliphatic carboxylic acids is 1. The third kappa shape index (κ3) is 2.85. The average molecular weight is 319 g/mol. The summed E-state index contributed by atoms with van der Waals surface area (Å²) in [5.74, 6) is -0.928. The highest BCUT2D eigenvalue weighted by Gasteiger charge is 2.36. The van der Waals surface area contributed by atoms with Crippen molar-refractivity contribution in [3.63, 3.8) is 0 Å². The molecule has 1 aromatic rings. The van der Waals surface area contributed by atoms with Gasteiger partial charge in [0.05, 0.1) is 11.5 Å². The molecule has 0 bridgehead atoms. The smallest absolute Gasteiger partial charge is 0.323 e. The highest BCUT2D eigenvalue weighted by molar-refractivity contribution is 8.18. The second kappa shape index (κ2) is 5.84. The molecule has 22 heavy (non-hydrogen) atoms. The van der Waals surface area contributed by atoms with Crippen molar-refractivity contribution in [1.82, 2.24) is 4.90 Å². The first-order valence-corrected chi connectivity index (χ1v) is 7.59. The number of carbonyl (C=O) groups is 3. The maximum Gasteiger partial charge on any atom is 0.323 e. The van der Waals surface area contributed by atoms with Gasteiger partial charge in [0, 0.05) is 0 Å². The second-order valence-electron chi connectivity index (χ2n) is 4.98. The average Bonchev–Trinajstić information content (AvgIpc) is 2.74. The van der Waals surface area contributed by atoms with Gasteiger partial charge in [-0.05, 0) is 53.9 Å². The van der Waals surface area contributed by atoms with Crippen LogP contribution in [0.4, 0.5) is 4.79 Å². The van der Waals surface area contributed by atoms with Crippen LogP contribution >= 0.6 is 11.8 Å². The molecule has 0 aliphatic carbocycles. The summed E-state index contributed by atoms with van der Waals surface area (Å²) < 4.78 is 5.53. The van der Waals surface area contributed by atoms with E-state index in [1.807, 2.05) is 18.2 Å². The molecule has 1 N–H and O–H groups in total. The number of benzene rings is 1. The van der Waals surface area contributed by atoms with Gasteiger partial charge in [0.2, 0.25) is 0 Å². The fourth-order valence-electron chi connectivity index (χ4n) is 2.39. The Labute approximate surface area is 130 Å². The van der Waals surface area contributed by atoms with Crippen LogP contribution in [-0.2, 0) is 16.0 Å². The molecule has 2 aliphatic rings. The minimum atomic E-state index is -1.21. The molecule has 2 aliphatic heterocycles. The summed E-state index contributed by atoms with van der Waals surface area (Å²) in [6.07, 6.45) is 3.48. The van der Waals surface area contributed by atoms with E-state index in [-0.39, 0.29) is 4.91 Å². The van der Waals surface area contributed by atoms with Gasteiger partial charge < -0.3 is 9.84 Å². The molecule has 2 amide bonds. The quantitative estimate of drug-likeness (QED) is 0.859. The van der Waals surface area contributed by atoms with Crippen LogP contribution in [0.2, 0.25) is 0 Å². The van der Waals surface area contributed by atoms with Gasteiger partial charge in [-0.25, -0.2) is 0 Å². The minimum Gasteiger partial charge on any atom is -0.493 e. The molecule has 7 heteroatoms. The molecule has 0 unspecified atom stereocenters. The van der Waals surface area contributed by atoms with Crippen molar-refractivity contribution < 1.29 is 24.2 Å². The molecule has 6 nitrogen and oxygen atoms in total. The van der Waals surface area contributed by atoms with Crippen LogP contribution in [0.1, 0.15) is 17.5 Å². The summed E-state index contributed by atoms with van der Waals surface area (Å²) in [5.41, 5.74) is 1.87. The molecular formula is C15H13NO5S. The lowest BCUT2D eigenvalue weighted by Crippen LogP contribution is -2.33. The zero-order valence-electron chi connectivity index (χ0n) is 11.6. The lowest BCUT2D eigenvalue weighted by Gasteiger charge is -2.17. The van der Waals surface area contributed by atoms with Gasteiger partial charge >= 0.3 is 5.97 Å². The van der Waals surface area contributed by atoms with Crippen molar-refractivity contribution in [1.29, 1.82) is 0 Å². The predicted molar refractivity (Wildman–Crippen MR) is 80.6 cm³/mol. The van der Waals surface area contributed by atoms with Gasteiger partial charge in [-0.3, -0.25) is 19.3 Å². The third-order valence-electron chi connectivity index (χ3n) is 3.40. The van der Waals surface area contributed by atoms with Crippen LogP contribution in [0.25, 0.3) is 6.08 Å². The minimum absolute atomic E-state index is 0.239. The standard InChI is InChI=1S/C15H13NO5S/c17-13(18)8-16-14(19)12(22-15(16)20)7-9-3-4-11-10(6-9)2-1-5-21-11/h3-4,6-7H,1-2,5,8H2,(H,17,18). The molecule has 1 fully saturated rings. The first-order valence-electron chi connectivity index (χ1n) is 6.77. The Hall–Kier alpha value is -2.28. The van der Waals surface area contributed by atoms with Gasteiger partial charge in [0.15, 0.2) is 0 Å². The lowest BCUT2D eigenvalue weighted by molar-refractivity contribution is -0.140. The van der Waals surface area contributed by atoms with E-state index < -0.39 is 23.7 Å². The number of aryl methyl sites for hydroxylation is 1. The summed E-state index contributed by atoms with van der Waals surface area (Å²) in [4.78, 5) is 35.4. The number of hydrogen-bond donors (Lipinski definition) is 1. The van der Waals surface area contributed by atoms with Gasteiger partial charge in [-0.1, -0.05) is 6.07 Å². The maximum atomic E-state index is 12.1. The number of fused-ring (bicyclic) bond motifs is 1. The molecule has 114 valence electrons. The van der Waals surface area contributed by atoms with Crippen LogP contribution in [0.3, 0.4) is 0 Å². The van der Waals surface area contributed by atoms with E-state index in [9.17, 15) is 14.4 Å². The maximum absolute atomic E-state index is 12.1.